The third-order valence-electron chi connectivity index (χ3n) is 5.47. The van der Waals surface area contributed by atoms with E-state index in [0.717, 1.165) is 5.56 Å². The summed E-state index contributed by atoms with van der Waals surface area (Å²) in [4.78, 5) is 39.9. The van der Waals surface area contributed by atoms with E-state index >= 15 is 0 Å². The number of aryl methyl sites for hydroxylation is 1. The van der Waals surface area contributed by atoms with Crippen LogP contribution in [0.2, 0.25) is 5.02 Å². The van der Waals surface area contributed by atoms with Crippen molar-refractivity contribution in [3.8, 4) is 5.75 Å². The van der Waals surface area contributed by atoms with Crippen molar-refractivity contribution in [2.24, 2.45) is 0 Å². The van der Waals surface area contributed by atoms with E-state index in [4.69, 9.17) is 16.3 Å². The Balaban J connectivity index is 1.77. The summed E-state index contributed by atoms with van der Waals surface area (Å²) in [6.07, 6.45) is 1.27. The average Bonchev–Trinajstić information content (AvgIpc) is 3.22. The number of likely N-dealkylation sites (N-methyl/N-ethyl adjacent to an activating group) is 1. The van der Waals surface area contributed by atoms with Crippen LogP contribution < -0.4 is 4.74 Å². The van der Waals surface area contributed by atoms with Gasteiger partial charge in [0.25, 0.3) is 11.6 Å². The Morgan fingerprint density at radius 3 is 2.68 bits per heavy atom. The third kappa shape index (κ3) is 4.80. The number of carbonyl (C=O) groups is 2. The zero-order valence-corrected chi connectivity index (χ0v) is 18.4. The maximum absolute atomic E-state index is 13.2. The molecule has 0 aromatic heterocycles. The van der Waals surface area contributed by atoms with E-state index in [0.29, 0.717) is 41.3 Å². The van der Waals surface area contributed by atoms with Gasteiger partial charge in [0.1, 0.15) is 11.8 Å². The van der Waals surface area contributed by atoms with Gasteiger partial charge < -0.3 is 14.5 Å². The van der Waals surface area contributed by atoms with E-state index < -0.39 is 11.0 Å². The minimum Gasteiger partial charge on any atom is -0.496 e. The van der Waals surface area contributed by atoms with Crippen molar-refractivity contribution < 1.29 is 19.2 Å². The summed E-state index contributed by atoms with van der Waals surface area (Å²) in [5, 5.41) is 11.6. The molecule has 1 aliphatic heterocycles. The van der Waals surface area contributed by atoms with Crippen LogP contribution in [0.4, 0.5) is 5.69 Å². The molecule has 2 aromatic rings. The van der Waals surface area contributed by atoms with Crippen LogP contribution in [-0.4, -0.2) is 53.3 Å². The Labute approximate surface area is 185 Å². The zero-order chi connectivity index (χ0) is 22.7. The number of rotatable bonds is 6. The molecule has 0 bridgehead atoms. The van der Waals surface area contributed by atoms with Gasteiger partial charge in [0.05, 0.1) is 12.0 Å². The molecular weight excluding hydrogens is 422 g/mol. The SMILES string of the molecule is COc1ccc(Cl)cc1CN(C)C(=O)[C@H]1CCCN1C(=O)c1ccc([N+](=O)[O-])c(C)c1. The second-order valence-electron chi connectivity index (χ2n) is 7.57. The number of ether oxygens (including phenoxy) is 1. The van der Waals surface area contributed by atoms with Gasteiger partial charge in [-0.25, -0.2) is 0 Å². The molecule has 2 aromatic carbocycles. The standard InChI is InChI=1S/C22H24ClN3O5/c1-14-11-15(6-8-18(14)26(29)30)21(27)25-10-4-5-19(25)22(28)24(2)13-16-12-17(23)7-9-20(16)31-3/h6-9,11-12,19H,4-5,10,13H2,1-3H3/t19-/m1/s1. The second kappa shape index (κ2) is 9.34. The molecule has 164 valence electrons. The number of hydrogen-bond donors (Lipinski definition) is 0. The van der Waals surface area contributed by atoms with Crippen LogP contribution in [0.1, 0.15) is 34.3 Å². The lowest BCUT2D eigenvalue weighted by Crippen LogP contribution is -2.46. The van der Waals surface area contributed by atoms with Crippen molar-refractivity contribution in [2.45, 2.75) is 32.4 Å². The Hall–Kier alpha value is -3.13. The molecule has 31 heavy (non-hydrogen) atoms. The highest BCUT2D eigenvalue weighted by Gasteiger charge is 2.36. The van der Waals surface area contributed by atoms with E-state index in [2.05, 4.69) is 0 Å². The van der Waals surface area contributed by atoms with Gasteiger partial charge in [0, 0.05) is 47.9 Å². The van der Waals surface area contributed by atoms with Crippen molar-refractivity contribution in [2.75, 3.05) is 20.7 Å². The van der Waals surface area contributed by atoms with Crippen LogP contribution in [0.3, 0.4) is 0 Å². The molecule has 0 unspecified atom stereocenters. The second-order valence-corrected chi connectivity index (χ2v) is 8.00. The molecule has 0 radical (unpaired) electrons. The highest BCUT2D eigenvalue weighted by molar-refractivity contribution is 6.30. The van der Waals surface area contributed by atoms with Crippen molar-refractivity contribution in [3.63, 3.8) is 0 Å². The third-order valence-corrected chi connectivity index (χ3v) is 5.70. The summed E-state index contributed by atoms with van der Waals surface area (Å²) < 4.78 is 5.35. The summed E-state index contributed by atoms with van der Waals surface area (Å²) >= 11 is 6.09. The number of hydrogen-bond acceptors (Lipinski definition) is 5. The van der Waals surface area contributed by atoms with Gasteiger partial charge in [-0.15, -0.1) is 0 Å². The summed E-state index contributed by atoms with van der Waals surface area (Å²) in [5.74, 6) is 0.152. The van der Waals surface area contributed by atoms with E-state index in [9.17, 15) is 19.7 Å². The molecule has 0 spiro atoms. The number of nitro benzene ring substituents is 1. The first kappa shape index (κ1) is 22.6. The van der Waals surface area contributed by atoms with Gasteiger partial charge in [0.2, 0.25) is 5.91 Å². The first-order valence-corrected chi connectivity index (χ1v) is 10.2. The maximum atomic E-state index is 13.2. The Morgan fingerprint density at radius 1 is 1.29 bits per heavy atom. The van der Waals surface area contributed by atoms with Gasteiger partial charge in [-0.1, -0.05) is 11.6 Å². The van der Waals surface area contributed by atoms with Gasteiger partial charge in [-0.05, 0) is 50.1 Å². The van der Waals surface area contributed by atoms with Gasteiger partial charge in [-0.3, -0.25) is 19.7 Å². The molecule has 1 saturated heterocycles. The molecule has 0 saturated carbocycles. The molecule has 2 amide bonds. The number of halogens is 1. The summed E-state index contributed by atoms with van der Waals surface area (Å²) in [5.41, 5.74) is 1.47. The lowest BCUT2D eigenvalue weighted by Gasteiger charge is -2.28. The first-order chi connectivity index (χ1) is 14.7. The minimum atomic E-state index is -0.585. The molecule has 9 heteroatoms. The van der Waals surface area contributed by atoms with Gasteiger partial charge in [-0.2, -0.15) is 0 Å². The van der Waals surface area contributed by atoms with E-state index in [-0.39, 0.29) is 24.0 Å². The fourth-order valence-corrected chi connectivity index (χ4v) is 4.08. The number of likely N-dealkylation sites (tertiary alicyclic amines) is 1. The molecule has 0 N–H and O–H groups in total. The summed E-state index contributed by atoms with van der Waals surface area (Å²) in [7, 11) is 3.23. The minimum absolute atomic E-state index is 0.0409. The molecule has 0 aliphatic carbocycles. The van der Waals surface area contributed by atoms with Crippen molar-refractivity contribution in [1.29, 1.82) is 0 Å². The lowest BCUT2D eigenvalue weighted by molar-refractivity contribution is -0.385. The van der Waals surface area contributed by atoms with Crippen molar-refractivity contribution >= 4 is 29.1 Å². The highest BCUT2D eigenvalue weighted by Crippen LogP contribution is 2.27. The first-order valence-electron chi connectivity index (χ1n) is 9.86. The monoisotopic (exact) mass is 445 g/mol. The highest BCUT2D eigenvalue weighted by atomic mass is 35.5. The van der Waals surface area contributed by atoms with Crippen LogP contribution in [0.15, 0.2) is 36.4 Å². The van der Waals surface area contributed by atoms with Gasteiger partial charge >= 0.3 is 0 Å². The molecule has 1 atom stereocenters. The normalized spacial score (nSPS) is 15.6. The fourth-order valence-electron chi connectivity index (χ4n) is 3.88. The smallest absolute Gasteiger partial charge is 0.272 e. The molecule has 3 rings (SSSR count). The summed E-state index contributed by atoms with van der Waals surface area (Å²) in [6.45, 7) is 2.34. The lowest BCUT2D eigenvalue weighted by atomic mass is 10.1. The number of methoxy groups -OCH3 is 1. The predicted octanol–water partition coefficient (Wildman–Crippen LogP) is 3.83. The summed E-state index contributed by atoms with van der Waals surface area (Å²) in [6, 6.07) is 8.90. The van der Waals surface area contributed by atoms with Crippen molar-refractivity contribution in [3.05, 3.63) is 68.2 Å². The topological polar surface area (TPSA) is 93.0 Å². The van der Waals surface area contributed by atoms with Crippen LogP contribution in [0.25, 0.3) is 0 Å². The van der Waals surface area contributed by atoms with E-state index in [1.165, 1.54) is 18.2 Å². The quantitative estimate of drug-likeness (QED) is 0.497. The van der Waals surface area contributed by atoms with Gasteiger partial charge in [0.15, 0.2) is 0 Å². The molecule has 8 nitrogen and oxygen atoms in total. The predicted molar refractivity (Wildman–Crippen MR) is 116 cm³/mol. The Morgan fingerprint density at radius 2 is 2.03 bits per heavy atom. The average molecular weight is 446 g/mol. The Bertz CT molecular complexity index is 1030. The van der Waals surface area contributed by atoms with Crippen LogP contribution in [0, 0.1) is 17.0 Å². The van der Waals surface area contributed by atoms with Crippen LogP contribution in [0.5, 0.6) is 5.75 Å². The number of benzene rings is 2. The van der Waals surface area contributed by atoms with Crippen molar-refractivity contribution in [1.82, 2.24) is 9.80 Å². The molecule has 1 aliphatic rings. The number of amides is 2. The molecular formula is C22H24ClN3O5. The number of carbonyl (C=O) groups excluding carboxylic acids is 2. The molecule has 1 fully saturated rings. The Kier molecular flexibility index (Phi) is 6.80. The fraction of sp³-hybridized carbons (Fsp3) is 0.364. The largest absolute Gasteiger partial charge is 0.496 e. The molecule has 1 heterocycles. The maximum Gasteiger partial charge on any atom is 0.272 e. The van der Waals surface area contributed by atoms with Crippen LogP contribution in [-0.2, 0) is 11.3 Å². The number of nitrogens with zero attached hydrogens (tertiary/aromatic N) is 3. The van der Waals surface area contributed by atoms with E-state index in [1.807, 2.05) is 0 Å². The van der Waals surface area contributed by atoms with E-state index in [1.54, 1.807) is 49.1 Å². The van der Waals surface area contributed by atoms with Crippen LogP contribution >= 0.6 is 11.6 Å². The zero-order valence-electron chi connectivity index (χ0n) is 17.6. The number of nitro groups is 1.